The highest BCUT2D eigenvalue weighted by molar-refractivity contribution is 5.91. The number of benzene rings is 2. The molecule has 2 aromatic rings. The van der Waals surface area contributed by atoms with Gasteiger partial charge in [-0.1, -0.05) is 71.6 Å². The van der Waals surface area contributed by atoms with E-state index in [-0.39, 0.29) is 11.3 Å². The molecule has 1 fully saturated rings. The van der Waals surface area contributed by atoms with Gasteiger partial charge >= 0.3 is 5.97 Å². The van der Waals surface area contributed by atoms with E-state index in [1.54, 1.807) is 24.3 Å². The number of rotatable bonds is 15. The van der Waals surface area contributed by atoms with Crippen molar-refractivity contribution >= 4 is 5.97 Å². The first-order valence-electron chi connectivity index (χ1n) is 14.0. The minimum Gasteiger partial charge on any atom is -0.494 e. The third kappa shape index (κ3) is 9.48. The van der Waals surface area contributed by atoms with Crippen LogP contribution in [-0.4, -0.2) is 19.2 Å². The molecule has 0 spiro atoms. The normalized spacial score (nSPS) is 17.5. The molecule has 0 saturated heterocycles. The van der Waals surface area contributed by atoms with Crippen molar-refractivity contribution in [1.82, 2.24) is 0 Å². The molecule has 0 bridgehead atoms. The number of carbonyl (C=O) groups is 1. The van der Waals surface area contributed by atoms with Crippen molar-refractivity contribution in [2.24, 2.45) is 11.8 Å². The van der Waals surface area contributed by atoms with Crippen LogP contribution in [0.1, 0.15) is 101 Å². The Balaban J connectivity index is 1.34. The molecule has 0 atom stereocenters. The van der Waals surface area contributed by atoms with Gasteiger partial charge in [-0.25, -0.2) is 9.18 Å². The molecule has 0 amide bonds. The van der Waals surface area contributed by atoms with Crippen molar-refractivity contribution in [2.75, 3.05) is 13.2 Å². The zero-order valence-electron chi connectivity index (χ0n) is 22.1. The predicted octanol–water partition coefficient (Wildman–Crippen LogP) is 8.77. The number of esters is 1. The summed E-state index contributed by atoms with van der Waals surface area (Å²) in [4.78, 5) is 12.4. The quantitative estimate of drug-likeness (QED) is 0.140. The third-order valence-electron chi connectivity index (χ3n) is 7.17. The van der Waals surface area contributed by atoms with Crippen molar-refractivity contribution in [1.29, 1.82) is 0 Å². The molecule has 2 aromatic carbocycles. The summed E-state index contributed by atoms with van der Waals surface area (Å²) in [5, 5.41) is 0. The third-order valence-corrected chi connectivity index (χ3v) is 7.17. The molecule has 1 saturated carbocycles. The van der Waals surface area contributed by atoms with Gasteiger partial charge in [-0.15, -0.1) is 0 Å². The maximum absolute atomic E-state index is 14.2. The molecule has 0 N–H and O–H groups in total. The standard InChI is InChI=1S/C31H43FO4/c1-3-5-7-9-24-11-13-25(14-12-24)10-8-22-34-27-16-18-28(19-17-27)36-31(33)26-15-20-30(29(32)23-26)35-21-6-4-2/h15-20,23-25H,3-14,21-22H2,1-2H3/t24-,25-. The van der Waals surface area contributed by atoms with E-state index in [0.29, 0.717) is 19.0 Å². The fourth-order valence-electron chi connectivity index (χ4n) is 4.90. The first kappa shape index (κ1) is 28.0. The summed E-state index contributed by atoms with van der Waals surface area (Å²) in [5.74, 6) is 1.93. The van der Waals surface area contributed by atoms with Crippen molar-refractivity contribution in [3.05, 3.63) is 53.8 Å². The lowest BCUT2D eigenvalue weighted by Crippen LogP contribution is -2.15. The largest absolute Gasteiger partial charge is 0.494 e. The maximum atomic E-state index is 14.2. The van der Waals surface area contributed by atoms with Crippen molar-refractivity contribution in [2.45, 2.75) is 90.9 Å². The fourth-order valence-corrected chi connectivity index (χ4v) is 4.90. The van der Waals surface area contributed by atoms with E-state index in [4.69, 9.17) is 14.2 Å². The van der Waals surface area contributed by atoms with E-state index < -0.39 is 11.8 Å². The van der Waals surface area contributed by atoms with Crippen LogP contribution >= 0.6 is 0 Å². The maximum Gasteiger partial charge on any atom is 0.343 e. The van der Waals surface area contributed by atoms with Crippen LogP contribution in [-0.2, 0) is 0 Å². The number of halogens is 1. The Morgan fingerprint density at radius 1 is 0.778 bits per heavy atom. The Morgan fingerprint density at radius 3 is 2.03 bits per heavy atom. The summed E-state index contributed by atoms with van der Waals surface area (Å²) >= 11 is 0. The highest BCUT2D eigenvalue weighted by Crippen LogP contribution is 2.34. The Labute approximate surface area is 216 Å². The Kier molecular flexibility index (Phi) is 12.1. The van der Waals surface area contributed by atoms with Crippen molar-refractivity contribution in [3.63, 3.8) is 0 Å². The summed E-state index contributed by atoms with van der Waals surface area (Å²) < 4.78 is 30.9. The molecule has 1 aliphatic carbocycles. The van der Waals surface area contributed by atoms with Gasteiger partial charge in [0.25, 0.3) is 0 Å². The molecule has 0 heterocycles. The van der Waals surface area contributed by atoms with E-state index in [1.165, 1.54) is 69.9 Å². The van der Waals surface area contributed by atoms with E-state index in [9.17, 15) is 9.18 Å². The van der Waals surface area contributed by atoms with Crippen LogP contribution in [0.2, 0.25) is 0 Å². The van der Waals surface area contributed by atoms with Gasteiger partial charge in [-0.3, -0.25) is 0 Å². The Morgan fingerprint density at radius 2 is 1.39 bits per heavy atom. The highest BCUT2D eigenvalue weighted by atomic mass is 19.1. The molecule has 0 aromatic heterocycles. The molecule has 1 aliphatic rings. The van der Waals surface area contributed by atoms with E-state index >= 15 is 0 Å². The van der Waals surface area contributed by atoms with E-state index in [2.05, 4.69) is 6.92 Å². The van der Waals surface area contributed by atoms with E-state index in [1.807, 2.05) is 6.92 Å². The summed E-state index contributed by atoms with van der Waals surface area (Å²) in [6.07, 6.45) is 15.2. The summed E-state index contributed by atoms with van der Waals surface area (Å²) in [6, 6.07) is 11.1. The number of hydrogen-bond acceptors (Lipinski definition) is 4. The van der Waals surface area contributed by atoms with Crippen LogP contribution in [0, 0.1) is 17.7 Å². The number of unbranched alkanes of at least 4 members (excludes halogenated alkanes) is 3. The Bertz CT molecular complexity index is 903. The summed E-state index contributed by atoms with van der Waals surface area (Å²) in [6.45, 7) is 5.46. The number of hydrogen-bond donors (Lipinski definition) is 0. The van der Waals surface area contributed by atoms with Gasteiger partial charge < -0.3 is 14.2 Å². The van der Waals surface area contributed by atoms with Crippen LogP contribution in [0.15, 0.2) is 42.5 Å². The molecule has 0 unspecified atom stereocenters. The average molecular weight is 499 g/mol. The molecule has 198 valence electrons. The molecule has 0 radical (unpaired) electrons. The second kappa shape index (κ2) is 15.5. The van der Waals surface area contributed by atoms with Crippen molar-refractivity contribution in [3.8, 4) is 17.2 Å². The van der Waals surface area contributed by atoms with Gasteiger partial charge in [0, 0.05) is 0 Å². The van der Waals surface area contributed by atoms with Gasteiger partial charge in [0.05, 0.1) is 18.8 Å². The highest BCUT2D eigenvalue weighted by Gasteiger charge is 2.20. The molecular formula is C31H43FO4. The molecule has 0 aliphatic heterocycles. The topological polar surface area (TPSA) is 44.8 Å². The van der Waals surface area contributed by atoms with Crippen LogP contribution < -0.4 is 14.2 Å². The Hall–Kier alpha value is -2.56. The minimum absolute atomic E-state index is 0.144. The second-order valence-electron chi connectivity index (χ2n) is 10.1. The zero-order valence-corrected chi connectivity index (χ0v) is 22.1. The lowest BCUT2D eigenvalue weighted by Gasteiger charge is -2.28. The summed E-state index contributed by atoms with van der Waals surface area (Å²) in [5.41, 5.74) is 0.144. The zero-order chi connectivity index (χ0) is 25.6. The SMILES string of the molecule is CCCCC[C@H]1CC[C@H](CCCOc2ccc(OC(=O)c3ccc(OCCCC)c(F)c3)cc2)CC1. The molecular weight excluding hydrogens is 455 g/mol. The van der Waals surface area contributed by atoms with Crippen LogP contribution in [0.4, 0.5) is 4.39 Å². The first-order chi connectivity index (χ1) is 17.6. The van der Waals surface area contributed by atoms with Gasteiger partial charge in [0.15, 0.2) is 11.6 Å². The van der Waals surface area contributed by atoms with E-state index in [0.717, 1.165) is 42.9 Å². The second-order valence-corrected chi connectivity index (χ2v) is 10.1. The van der Waals surface area contributed by atoms with Gasteiger partial charge in [-0.05, 0) is 73.6 Å². The fraction of sp³-hybridized carbons (Fsp3) is 0.581. The monoisotopic (exact) mass is 498 g/mol. The molecule has 5 heteroatoms. The molecule has 4 nitrogen and oxygen atoms in total. The molecule has 3 rings (SSSR count). The first-order valence-corrected chi connectivity index (χ1v) is 14.0. The van der Waals surface area contributed by atoms with Gasteiger partial charge in [0.2, 0.25) is 0 Å². The lowest BCUT2D eigenvalue weighted by atomic mass is 9.78. The predicted molar refractivity (Wildman–Crippen MR) is 143 cm³/mol. The number of carbonyl (C=O) groups excluding carboxylic acids is 1. The molecule has 36 heavy (non-hydrogen) atoms. The van der Waals surface area contributed by atoms with Crippen molar-refractivity contribution < 1.29 is 23.4 Å². The smallest absolute Gasteiger partial charge is 0.343 e. The van der Waals surface area contributed by atoms with Crippen LogP contribution in [0.5, 0.6) is 17.2 Å². The number of ether oxygens (including phenoxy) is 3. The van der Waals surface area contributed by atoms with Gasteiger partial charge in [0.1, 0.15) is 11.5 Å². The van der Waals surface area contributed by atoms with Crippen LogP contribution in [0.3, 0.4) is 0 Å². The lowest BCUT2D eigenvalue weighted by molar-refractivity contribution is 0.0734. The average Bonchev–Trinajstić information content (AvgIpc) is 2.89. The minimum atomic E-state index is -0.609. The van der Waals surface area contributed by atoms with Crippen LogP contribution in [0.25, 0.3) is 0 Å². The summed E-state index contributed by atoms with van der Waals surface area (Å²) in [7, 11) is 0. The van der Waals surface area contributed by atoms with Gasteiger partial charge in [-0.2, -0.15) is 0 Å².